The van der Waals surface area contributed by atoms with Gasteiger partial charge in [0.1, 0.15) is 11.6 Å². The summed E-state index contributed by atoms with van der Waals surface area (Å²) in [4.78, 5) is 0. The van der Waals surface area contributed by atoms with Gasteiger partial charge in [0.15, 0.2) is 0 Å². The molecule has 0 saturated heterocycles. The average molecular weight is 226 g/mol. The van der Waals surface area contributed by atoms with Crippen LogP contribution in [0.15, 0.2) is 18.2 Å². The van der Waals surface area contributed by atoms with Crippen LogP contribution >= 0.6 is 0 Å². The molecule has 0 spiro atoms. The molecule has 1 rings (SSSR count). The fourth-order valence-electron chi connectivity index (χ4n) is 1.38. The van der Waals surface area contributed by atoms with E-state index in [2.05, 4.69) is 13.8 Å². The van der Waals surface area contributed by atoms with Gasteiger partial charge in [-0.2, -0.15) is 0 Å². The van der Waals surface area contributed by atoms with E-state index in [9.17, 15) is 9.50 Å². The van der Waals surface area contributed by atoms with E-state index in [0.29, 0.717) is 23.8 Å². The molecule has 0 heterocycles. The van der Waals surface area contributed by atoms with Crippen LogP contribution in [0.25, 0.3) is 0 Å². The maximum Gasteiger partial charge on any atom is 0.127 e. The summed E-state index contributed by atoms with van der Waals surface area (Å²) in [5, 5.41) is 9.50. The molecule has 3 heteroatoms. The van der Waals surface area contributed by atoms with Crippen molar-refractivity contribution in [3.05, 3.63) is 29.6 Å². The van der Waals surface area contributed by atoms with Gasteiger partial charge in [0.05, 0.1) is 12.7 Å². The summed E-state index contributed by atoms with van der Waals surface area (Å²) in [5.74, 6) is 0.642. The Labute approximate surface area is 96.1 Å². The third kappa shape index (κ3) is 3.81. The number of ether oxygens (including phenoxy) is 1. The number of hydrogen-bond donors (Lipinski definition) is 1. The van der Waals surface area contributed by atoms with Crippen molar-refractivity contribution >= 4 is 0 Å². The van der Waals surface area contributed by atoms with Crippen LogP contribution in [0, 0.1) is 11.7 Å². The van der Waals surface area contributed by atoms with Crippen LogP contribution < -0.4 is 4.74 Å². The van der Waals surface area contributed by atoms with Crippen LogP contribution in [0.5, 0.6) is 5.75 Å². The fraction of sp³-hybridized carbons (Fsp3) is 0.538. The fourth-order valence-corrected chi connectivity index (χ4v) is 1.38. The van der Waals surface area contributed by atoms with Crippen molar-refractivity contribution in [1.29, 1.82) is 0 Å². The van der Waals surface area contributed by atoms with Crippen molar-refractivity contribution in [2.24, 2.45) is 5.92 Å². The summed E-state index contributed by atoms with van der Waals surface area (Å²) in [6.45, 7) is 6.39. The monoisotopic (exact) mass is 226 g/mol. The highest BCUT2D eigenvalue weighted by Crippen LogP contribution is 2.26. The predicted molar refractivity (Wildman–Crippen MR) is 62.0 cm³/mol. The van der Waals surface area contributed by atoms with Crippen molar-refractivity contribution in [3.63, 3.8) is 0 Å². The van der Waals surface area contributed by atoms with Crippen LogP contribution in [0.4, 0.5) is 4.39 Å². The zero-order chi connectivity index (χ0) is 12.1. The van der Waals surface area contributed by atoms with Gasteiger partial charge >= 0.3 is 0 Å². The van der Waals surface area contributed by atoms with Crippen LogP contribution in [0.1, 0.15) is 38.9 Å². The number of aliphatic hydroxyl groups excluding tert-OH is 1. The first-order valence-electron chi connectivity index (χ1n) is 5.61. The van der Waals surface area contributed by atoms with Crippen molar-refractivity contribution in [2.45, 2.75) is 33.3 Å². The number of aliphatic hydroxyl groups is 1. The molecule has 2 nitrogen and oxygen atoms in total. The zero-order valence-corrected chi connectivity index (χ0v) is 10.0. The van der Waals surface area contributed by atoms with Crippen molar-refractivity contribution in [3.8, 4) is 5.75 Å². The Morgan fingerprint density at radius 2 is 2.00 bits per heavy atom. The molecule has 0 fully saturated rings. The molecule has 0 aliphatic rings. The van der Waals surface area contributed by atoms with E-state index in [1.54, 1.807) is 13.0 Å². The number of benzene rings is 1. The van der Waals surface area contributed by atoms with Crippen LogP contribution in [-0.2, 0) is 0 Å². The molecule has 90 valence electrons. The Balaban J connectivity index is 2.72. The Morgan fingerprint density at radius 1 is 1.31 bits per heavy atom. The topological polar surface area (TPSA) is 29.5 Å². The molecule has 0 aliphatic carbocycles. The first-order chi connectivity index (χ1) is 7.50. The molecule has 0 aromatic heterocycles. The molecule has 0 aliphatic heterocycles. The molecule has 0 amide bonds. The van der Waals surface area contributed by atoms with Gasteiger partial charge in [0.2, 0.25) is 0 Å². The minimum absolute atomic E-state index is 0.344. The van der Waals surface area contributed by atoms with Gasteiger partial charge < -0.3 is 9.84 Å². The van der Waals surface area contributed by atoms with Crippen molar-refractivity contribution < 1.29 is 14.2 Å². The molecule has 0 bridgehead atoms. The van der Waals surface area contributed by atoms with Gasteiger partial charge in [0, 0.05) is 11.6 Å². The maximum absolute atomic E-state index is 13.0. The summed E-state index contributed by atoms with van der Waals surface area (Å²) in [6.07, 6.45) is 0.269. The molecule has 0 unspecified atom stereocenters. The molecule has 0 radical (unpaired) electrons. The second-order valence-corrected chi connectivity index (χ2v) is 4.39. The highest BCUT2D eigenvalue weighted by molar-refractivity contribution is 5.35. The lowest BCUT2D eigenvalue weighted by atomic mass is 10.1. The number of rotatable bonds is 5. The summed E-state index contributed by atoms with van der Waals surface area (Å²) in [7, 11) is 0. The van der Waals surface area contributed by atoms with E-state index in [1.165, 1.54) is 12.1 Å². The lowest BCUT2D eigenvalue weighted by Gasteiger charge is -2.14. The standard InChI is InChI=1S/C13H19FO2/c1-9(2)6-7-16-13-8-11(14)4-5-12(13)10(3)15/h4-5,8-10,15H,6-7H2,1-3H3/t10-/m0/s1. The van der Waals surface area contributed by atoms with Crippen molar-refractivity contribution in [2.75, 3.05) is 6.61 Å². The van der Waals surface area contributed by atoms with E-state index in [-0.39, 0.29) is 5.82 Å². The van der Waals surface area contributed by atoms with E-state index >= 15 is 0 Å². The lowest BCUT2D eigenvalue weighted by molar-refractivity contribution is 0.189. The Morgan fingerprint density at radius 3 is 2.56 bits per heavy atom. The lowest BCUT2D eigenvalue weighted by Crippen LogP contribution is -2.05. The van der Waals surface area contributed by atoms with Gasteiger partial charge in [0.25, 0.3) is 0 Å². The number of halogens is 1. The van der Waals surface area contributed by atoms with E-state index in [0.717, 1.165) is 6.42 Å². The molecule has 1 aromatic carbocycles. The van der Waals surface area contributed by atoms with Gasteiger partial charge in [-0.1, -0.05) is 13.8 Å². The molecule has 1 atom stereocenters. The van der Waals surface area contributed by atoms with Crippen LogP contribution in [0.3, 0.4) is 0 Å². The second-order valence-electron chi connectivity index (χ2n) is 4.39. The third-order valence-electron chi connectivity index (χ3n) is 2.38. The van der Waals surface area contributed by atoms with Gasteiger partial charge in [-0.3, -0.25) is 0 Å². The SMILES string of the molecule is CC(C)CCOc1cc(F)ccc1[C@H](C)O. The Bertz CT molecular complexity index is 335. The van der Waals surface area contributed by atoms with E-state index in [1.807, 2.05) is 0 Å². The van der Waals surface area contributed by atoms with E-state index in [4.69, 9.17) is 4.74 Å². The Kier molecular flexibility index (Phi) is 4.74. The quantitative estimate of drug-likeness (QED) is 0.834. The predicted octanol–water partition coefficient (Wildman–Crippen LogP) is 3.30. The molecule has 1 aromatic rings. The number of hydrogen-bond acceptors (Lipinski definition) is 2. The molecule has 1 N–H and O–H groups in total. The first-order valence-corrected chi connectivity index (χ1v) is 5.61. The van der Waals surface area contributed by atoms with Crippen molar-refractivity contribution in [1.82, 2.24) is 0 Å². The maximum atomic E-state index is 13.0. The molecular weight excluding hydrogens is 207 g/mol. The van der Waals surface area contributed by atoms with E-state index < -0.39 is 6.10 Å². The van der Waals surface area contributed by atoms with Gasteiger partial charge in [-0.15, -0.1) is 0 Å². The molecular formula is C13H19FO2. The zero-order valence-electron chi connectivity index (χ0n) is 10.0. The first kappa shape index (κ1) is 13.0. The van der Waals surface area contributed by atoms with Crippen LogP contribution in [0.2, 0.25) is 0 Å². The molecule has 0 saturated carbocycles. The summed E-state index contributed by atoms with van der Waals surface area (Å²) >= 11 is 0. The van der Waals surface area contributed by atoms with Gasteiger partial charge in [-0.05, 0) is 31.4 Å². The highest BCUT2D eigenvalue weighted by Gasteiger charge is 2.10. The van der Waals surface area contributed by atoms with Crippen LogP contribution in [-0.4, -0.2) is 11.7 Å². The minimum atomic E-state index is -0.644. The largest absolute Gasteiger partial charge is 0.493 e. The average Bonchev–Trinajstić information content (AvgIpc) is 2.16. The highest BCUT2D eigenvalue weighted by atomic mass is 19.1. The normalized spacial score (nSPS) is 12.9. The third-order valence-corrected chi connectivity index (χ3v) is 2.38. The summed E-state index contributed by atoms with van der Waals surface area (Å²) < 4.78 is 18.5. The summed E-state index contributed by atoms with van der Waals surface area (Å²) in [5.41, 5.74) is 0.630. The summed E-state index contributed by atoms with van der Waals surface area (Å²) in [6, 6.07) is 4.21. The Hall–Kier alpha value is -1.09. The molecule has 16 heavy (non-hydrogen) atoms. The second kappa shape index (κ2) is 5.85. The van der Waals surface area contributed by atoms with Gasteiger partial charge in [-0.25, -0.2) is 4.39 Å². The smallest absolute Gasteiger partial charge is 0.127 e. The minimum Gasteiger partial charge on any atom is -0.493 e.